The summed E-state index contributed by atoms with van der Waals surface area (Å²) in [7, 11) is 0. The molecule has 0 aliphatic heterocycles. The fourth-order valence-corrected chi connectivity index (χ4v) is 0.0354. The zero-order valence-corrected chi connectivity index (χ0v) is 3.18. The molecular formula is C2H6N3O. The van der Waals surface area contributed by atoms with Gasteiger partial charge in [-0.05, 0) is 0 Å². The molecule has 1 radical (unpaired) electrons. The van der Waals surface area contributed by atoms with Crippen LogP contribution >= 0.6 is 0 Å². The first kappa shape index (κ1) is 5.23. The molecule has 4 heteroatoms. The number of rotatable bonds is 1. The molecular weight excluding hydrogens is 82.0 g/mol. The van der Waals surface area contributed by atoms with Crippen LogP contribution in [0, 0.1) is 0 Å². The van der Waals surface area contributed by atoms with E-state index in [-0.39, 0.29) is 12.4 Å². The molecule has 0 heterocycles. The molecule has 4 nitrogen and oxygen atoms in total. The fourth-order valence-electron chi connectivity index (χ4n) is 0.0354. The van der Waals surface area contributed by atoms with Crippen LogP contribution in [0.2, 0.25) is 0 Å². The van der Waals surface area contributed by atoms with Gasteiger partial charge in [0.1, 0.15) is 0 Å². The Balaban J connectivity index is 3.22. The van der Waals surface area contributed by atoms with Crippen LogP contribution < -0.4 is 11.5 Å². The molecule has 4 N–H and O–H groups in total. The number of nitrogens with two attached hydrogens (primary N) is 1. The number of nitrogens with one attached hydrogen (secondary N) is 1. The van der Waals surface area contributed by atoms with Gasteiger partial charge in [-0.3, -0.25) is 0 Å². The highest BCUT2D eigenvalue weighted by Crippen LogP contribution is 1.54. The Morgan fingerprint density at radius 2 is 2.50 bits per heavy atom. The van der Waals surface area contributed by atoms with Crippen LogP contribution in [0.15, 0.2) is 5.16 Å². The average molecular weight is 88.1 g/mol. The van der Waals surface area contributed by atoms with Gasteiger partial charge in [0.25, 0.3) is 0 Å². The van der Waals surface area contributed by atoms with Crippen molar-refractivity contribution < 1.29 is 5.21 Å². The highest BCUT2D eigenvalue weighted by atomic mass is 16.4. The van der Waals surface area contributed by atoms with Crippen LogP contribution in [-0.2, 0) is 0 Å². The number of hydrogen-bond donors (Lipinski definition) is 2. The first-order valence-corrected chi connectivity index (χ1v) is 1.42. The highest BCUT2D eigenvalue weighted by molar-refractivity contribution is 5.81. The lowest BCUT2D eigenvalue weighted by atomic mass is 10.6. The van der Waals surface area contributed by atoms with E-state index in [0.29, 0.717) is 0 Å². The van der Waals surface area contributed by atoms with Crippen LogP contribution in [0.3, 0.4) is 0 Å². The monoisotopic (exact) mass is 88.1 g/mol. The Bertz CT molecular complexity index is 59.8. The third kappa shape index (κ3) is 1.54. The lowest BCUT2D eigenvalue weighted by Crippen LogP contribution is -2.16. The van der Waals surface area contributed by atoms with Gasteiger partial charge in [-0.2, -0.15) is 0 Å². The first-order valence-electron chi connectivity index (χ1n) is 1.42. The Morgan fingerprint density at radius 3 is 2.50 bits per heavy atom. The van der Waals surface area contributed by atoms with Crippen molar-refractivity contribution in [1.82, 2.24) is 5.73 Å². The third-order valence-corrected chi connectivity index (χ3v) is 0.310. The lowest BCUT2D eigenvalue weighted by Gasteiger charge is -1.82. The maximum atomic E-state index is 7.68. The van der Waals surface area contributed by atoms with E-state index in [1.807, 2.05) is 0 Å². The van der Waals surface area contributed by atoms with Crippen molar-refractivity contribution in [2.45, 2.75) is 0 Å². The minimum Gasteiger partial charge on any atom is -0.409 e. The van der Waals surface area contributed by atoms with Crippen molar-refractivity contribution in [1.29, 1.82) is 0 Å². The Kier molecular flexibility index (Phi) is 2.15. The lowest BCUT2D eigenvalue weighted by molar-refractivity contribution is 0.317. The molecule has 35 valence electrons. The minimum absolute atomic E-state index is 0.0602. The third-order valence-electron chi connectivity index (χ3n) is 0.310. The average Bonchev–Trinajstić information content (AvgIpc) is 1.65. The largest absolute Gasteiger partial charge is 0.409 e. The number of nitrogens with zero attached hydrogens (tertiary/aromatic N) is 1. The zero-order valence-electron chi connectivity index (χ0n) is 3.18. The van der Waals surface area contributed by atoms with Crippen molar-refractivity contribution in [3.63, 3.8) is 0 Å². The zero-order chi connectivity index (χ0) is 4.99. The smallest absolute Gasteiger partial charge is 0.154 e. The predicted octanol–water partition coefficient (Wildman–Crippen LogP) is -0.984. The summed E-state index contributed by atoms with van der Waals surface area (Å²) in [6, 6.07) is 0. The second-order valence-corrected chi connectivity index (χ2v) is 0.768. The van der Waals surface area contributed by atoms with Crippen LogP contribution in [0.25, 0.3) is 0 Å². The quantitative estimate of drug-likeness (QED) is 0.187. The van der Waals surface area contributed by atoms with Crippen LogP contribution in [0.1, 0.15) is 0 Å². The molecule has 0 fully saturated rings. The summed E-state index contributed by atoms with van der Waals surface area (Å²) in [5, 5.41) is 10.2. The minimum atomic E-state index is -0.142. The Labute approximate surface area is 35.4 Å². The fraction of sp³-hybridized carbons (Fsp3) is 0.500. The molecule has 0 aromatic rings. The van der Waals surface area contributed by atoms with Gasteiger partial charge in [0.2, 0.25) is 0 Å². The molecule has 0 saturated heterocycles. The van der Waals surface area contributed by atoms with E-state index in [1.54, 1.807) is 0 Å². The SMILES string of the molecule is [NH]C/C(N)=N/O. The van der Waals surface area contributed by atoms with E-state index in [4.69, 9.17) is 16.7 Å². The highest BCUT2D eigenvalue weighted by Gasteiger charge is 1.79. The first-order chi connectivity index (χ1) is 2.81. The topological polar surface area (TPSA) is 82.4 Å². The molecule has 0 amide bonds. The molecule has 0 aliphatic carbocycles. The van der Waals surface area contributed by atoms with Crippen molar-refractivity contribution in [2.75, 3.05) is 6.54 Å². The van der Waals surface area contributed by atoms with Crippen molar-refractivity contribution >= 4 is 5.84 Å². The van der Waals surface area contributed by atoms with E-state index in [9.17, 15) is 0 Å². The standard InChI is InChI=1S/C2H6N3O/c3-1-2(4)5-6/h3,6H,1H2,(H2,4,5). The van der Waals surface area contributed by atoms with Gasteiger partial charge in [0, 0.05) is 0 Å². The van der Waals surface area contributed by atoms with Gasteiger partial charge in [0.05, 0.1) is 6.54 Å². The van der Waals surface area contributed by atoms with Crippen molar-refractivity contribution in [2.24, 2.45) is 10.9 Å². The second-order valence-electron chi connectivity index (χ2n) is 0.768. The molecule has 0 aromatic heterocycles. The van der Waals surface area contributed by atoms with Gasteiger partial charge in [-0.15, -0.1) is 0 Å². The Morgan fingerprint density at radius 1 is 2.00 bits per heavy atom. The van der Waals surface area contributed by atoms with E-state index in [0.717, 1.165) is 0 Å². The van der Waals surface area contributed by atoms with Crippen molar-refractivity contribution in [3.05, 3.63) is 0 Å². The maximum Gasteiger partial charge on any atom is 0.154 e. The molecule has 0 bridgehead atoms. The van der Waals surface area contributed by atoms with E-state index in [1.165, 1.54) is 0 Å². The van der Waals surface area contributed by atoms with Gasteiger partial charge >= 0.3 is 0 Å². The van der Waals surface area contributed by atoms with E-state index in [2.05, 4.69) is 5.16 Å². The maximum absolute atomic E-state index is 7.68. The van der Waals surface area contributed by atoms with Crippen LogP contribution in [0.5, 0.6) is 0 Å². The molecule has 0 aliphatic rings. The van der Waals surface area contributed by atoms with Gasteiger partial charge in [-0.25, -0.2) is 5.73 Å². The molecule has 0 spiro atoms. The second kappa shape index (κ2) is 2.47. The van der Waals surface area contributed by atoms with Gasteiger partial charge in [0.15, 0.2) is 5.84 Å². The summed E-state index contributed by atoms with van der Waals surface area (Å²) in [4.78, 5) is 0. The number of amidine groups is 1. The van der Waals surface area contributed by atoms with E-state index < -0.39 is 0 Å². The van der Waals surface area contributed by atoms with Crippen molar-refractivity contribution in [3.8, 4) is 0 Å². The predicted molar refractivity (Wildman–Crippen MR) is 21.4 cm³/mol. The molecule has 0 unspecified atom stereocenters. The summed E-state index contributed by atoms with van der Waals surface area (Å²) >= 11 is 0. The molecule has 0 rings (SSSR count). The van der Waals surface area contributed by atoms with Gasteiger partial charge < -0.3 is 10.9 Å². The normalized spacial score (nSPS) is 11.8. The summed E-state index contributed by atoms with van der Waals surface area (Å²) < 4.78 is 0. The summed E-state index contributed by atoms with van der Waals surface area (Å²) in [5.74, 6) is -0.0602. The number of hydrogen-bond acceptors (Lipinski definition) is 2. The molecule has 0 aromatic carbocycles. The van der Waals surface area contributed by atoms with Crippen LogP contribution in [-0.4, -0.2) is 17.6 Å². The summed E-state index contributed by atoms with van der Waals surface area (Å²) in [6.07, 6.45) is 0. The molecule has 0 saturated carbocycles. The van der Waals surface area contributed by atoms with Gasteiger partial charge in [-0.1, -0.05) is 5.16 Å². The molecule has 0 atom stereocenters. The van der Waals surface area contributed by atoms with E-state index >= 15 is 0 Å². The summed E-state index contributed by atoms with van der Waals surface area (Å²) in [6.45, 7) is -0.142. The summed E-state index contributed by atoms with van der Waals surface area (Å²) in [5.41, 5.74) is 11.2. The number of oxime groups is 1. The molecule has 6 heavy (non-hydrogen) atoms. The van der Waals surface area contributed by atoms with Crippen LogP contribution in [0.4, 0.5) is 0 Å². The Hall–Kier alpha value is -0.770.